The number of rotatable bonds is 23. The van der Waals surface area contributed by atoms with Gasteiger partial charge in [-0.25, -0.2) is 18.1 Å². The number of nitro benzene ring substituents is 1. The van der Waals surface area contributed by atoms with E-state index in [2.05, 4.69) is 72.1 Å². The largest absolute Gasteiger partial charge is 0.455 e. The van der Waals surface area contributed by atoms with E-state index in [1.807, 2.05) is 30.3 Å². The maximum atomic E-state index is 14.2. The zero-order valence-corrected chi connectivity index (χ0v) is 51.2. The summed E-state index contributed by atoms with van der Waals surface area (Å²) < 4.78 is 36.6. The number of nitrogens with one attached hydrogen (secondary N) is 4. The molecule has 0 saturated carbocycles. The zero-order chi connectivity index (χ0) is 60.8. The van der Waals surface area contributed by atoms with Crippen LogP contribution in [-0.2, 0) is 32.6 Å². The first-order chi connectivity index (χ1) is 41.9. The van der Waals surface area contributed by atoms with E-state index < -0.39 is 43.4 Å². The lowest BCUT2D eigenvalue weighted by atomic mass is 9.72. The number of halogens is 1. The predicted molar refractivity (Wildman–Crippen MR) is 337 cm³/mol. The number of hydrogen-bond donors (Lipinski definition) is 4. The van der Waals surface area contributed by atoms with Gasteiger partial charge in [-0.05, 0) is 159 Å². The number of imide groups is 1. The number of unbranched alkanes of at least 4 members (excludes halogenated alkanes) is 5. The van der Waals surface area contributed by atoms with Crippen LogP contribution >= 0.6 is 11.6 Å². The Labute approximate surface area is 513 Å². The molecule has 19 nitrogen and oxygen atoms in total. The Balaban J connectivity index is 0.664. The summed E-state index contributed by atoms with van der Waals surface area (Å²) in [6.07, 6.45) is 16.3. The lowest BCUT2D eigenvalue weighted by Crippen LogP contribution is -2.52. The Morgan fingerprint density at radius 1 is 0.885 bits per heavy atom. The third-order valence-corrected chi connectivity index (χ3v) is 19.7. The number of piperidine rings is 2. The van der Waals surface area contributed by atoms with Crippen molar-refractivity contribution >= 4 is 78.9 Å². The number of hydrogen-bond acceptors (Lipinski definition) is 14. The molecule has 5 aliphatic rings. The topological polar surface area (TPSA) is 233 Å². The predicted octanol–water partition coefficient (Wildman–Crippen LogP) is 11.3. The van der Waals surface area contributed by atoms with Gasteiger partial charge in [0.25, 0.3) is 27.5 Å². The normalized spacial score (nSPS) is 19.3. The van der Waals surface area contributed by atoms with E-state index in [1.54, 1.807) is 35.4 Å². The molecule has 0 radical (unpaired) electrons. The van der Waals surface area contributed by atoms with Crippen LogP contribution in [0.2, 0.25) is 5.02 Å². The number of carbonyl (C=O) groups excluding carboxylic acids is 4. The highest BCUT2D eigenvalue weighted by Crippen LogP contribution is 2.44. The first kappa shape index (κ1) is 61.0. The molecule has 2 atom stereocenters. The van der Waals surface area contributed by atoms with Crippen LogP contribution in [0.3, 0.4) is 0 Å². The van der Waals surface area contributed by atoms with Crippen LogP contribution in [0.15, 0.2) is 114 Å². The van der Waals surface area contributed by atoms with Crippen molar-refractivity contribution in [2.24, 2.45) is 11.3 Å². The van der Waals surface area contributed by atoms with Gasteiger partial charge >= 0.3 is 0 Å². The van der Waals surface area contributed by atoms with Gasteiger partial charge in [-0.2, -0.15) is 0 Å². The number of aryl methyl sites for hydroxylation is 1. The third kappa shape index (κ3) is 14.7. The maximum absolute atomic E-state index is 14.2. The van der Waals surface area contributed by atoms with E-state index in [4.69, 9.17) is 16.3 Å². The van der Waals surface area contributed by atoms with Gasteiger partial charge in [0.05, 0.1) is 21.6 Å². The van der Waals surface area contributed by atoms with Crippen LogP contribution in [0, 0.1) is 21.4 Å². The minimum absolute atomic E-state index is 0.0468. The molecule has 2 unspecified atom stereocenters. The molecular formula is C66H77ClN10O9S. The van der Waals surface area contributed by atoms with Crippen molar-refractivity contribution in [2.45, 2.75) is 121 Å². The minimum Gasteiger partial charge on any atom is -0.455 e. The van der Waals surface area contributed by atoms with Crippen LogP contribution in [0.25, 0.3) is 16.6 Å². The quantitative estimate of drug-likeness (QED) is 0.0202. The summed E-state index contributed by atoms with van der Waals surface area (Å²) in [5, 5.41) is 19.7. The number of aromatic nitrogens is 2. The summed E-state index contributed by atoms with van der Waals surface area (Å²) in [6, 6.07) is 25.7. The Bertz CT molecular complexity index is 3710. The number of amides is 4. The number of carbonyl (C=O) groups is 4. The highest BCUT2D eigenvalue weighted by atomic mass is 35.5. The second-order valence-corrected chi connectivity index (χ2v) is 27.0. The molecule has 458 valence electrons. The van der Waals surface area contributed by atoms with Gasteiger partial charge in [-0.3, -0.25) is 39.5 Å². The van der Waals surface area contributed by atoms with Gasteiger partial charge in [-0.15, -0.1) is 0 Å². The number of H-pyrrole nitrogens is 1. The molecule has 6 aromatic rings. The van der Waals surface area contributed by atoms with Gasteiger partial charge in [0, 0.05) is 98.8 Å². The molecule has 4 aromatic carbocycles. The average Bonchev–Trinajstić information content (AvgIpc) is 2.13. The lowest BCUT2D eigenvalue weighted by molar-refractivity contribution is -0.384. The second kappa shape index (κ2) is 26.8. The Morgan fingerprint density at radius 3 is 2.47 bits per heavy atom. The van der Waals surface area contributed by atoms with Crippen molar-refractivity contribution in [1.82, 2.24) is 34.7 Å². The highest BCUT2D eigenvalue weighted by Gasteiger charge is 2.40. The zero-order valence-electron chi connectivity index (χ0n) is 49.6. The summed E-state index contributed by atoms with van der Waals surface area (Å²) in [4.78, 5) is 79.5. The van der Waals surface area contributed by atoms with E-state index in [1.165, 1.54) is 35.0 Å². The molecule has 4 aliphatic heterocycles. The van der Waals surface area contributed by atoms with Gasteiger partial charge in [0.15, 0.2) is 0 Å². The number of fused-ring (bicyclic) bond motifs is 2. The Morgan fingerprint density at radius 2 is 1.68 bits per heavy atom. The Kier molecular flexibility index (Phi) is 18.8. The number of pyridine rings is 1. The standard InChI is InChI=1S/C66H77ClN10O9S/c1-66(2)27-25-48(55(38-66)46-15-17-49(67)18-16-46)42-74-31-33-75(34-32-74)50-19-21-54(60(36-50)86-51-35-47-26-28-68-62(47)70-40-51)63(79)72-87(84,85)52-20-22-57(59(37-52)77(82)83)69-39-44-11-10-30-73(41-44)29-8-6-4-3-5-7-12-45-13-9-14-53-56(45)43-76(65(53)81)58-23-24-61(78)71-64(58)80/h9,13-22,26,28,35-37,40,44,58,69H,3-8,10-12,23-25,27,29-34,38-39,41-43H2,1-2H3,(H,68,70)(H,72,79)(H,71,78,80). The van der Waals surface area contributed by atoms with Crippen LogP contribution in [-0.4, -0.2) is 127 Å². The second-order valence-electron chi connectivity index (χ2n) is 24.8. The van der Waals surface area contributed by atoms with Crippen molar-refractivity contribution in [3.05, 3.63) is 152 Å². The summed E-state index contributed by atoms with van der Waals surface area (Å²) in [5.41, 5.74) is 8.27. The van der Waals surface area contributed by atoms with Crippen LogP contribution < -0.4 is 25.0 Å². The molecule has 4 N–H and O–H groups in total. The number of sulfonamides is 1. The average molecular weight is 1220 g/mol. The van der Waals surface area contributed by atoms with Crippen molar-refractivity contribution in [2.75, 3.05) is 69.1 Å². The first-order valence-electron chi connectivity index (χ1n) is 30.7. The van der Waals surface area contributed by atoms with Crippen LogP contribution in [0.4, 0.5) is 17.1 Å². The molecule has 4 amide bonds. The molecule has 2 aromatic heterocycles. The summed E-state index contributed by atoms with van der Waals surface area (Å²) in [5.74, 6) is -1.12. The molecular weight excluding hydrogens is 1140 g/mol. The number of allylic oxidation sites excluding steroid dienone is 1. The monoisotopic (exact) mass is 1220 g/mol. The highest BCUT2D eigenvalue weighted by molar-refractivity contribution is 7.90. The number of ether oxygens (including phenoxy) is 1. The lowest BCUT2D eigenvalue weighted by Gasteiger charge is -2.39. The van der Waals surface area contributed by atoms with Gasteiger partial charge < -0.3 is 29.7 Å². The number of piperazine rings is 1. The van der Waals surface area contributed by atoms with Crippen LogP contribution in [0.5, 0.6) is 11.5 Å². The fraction of sp³-hybridized carbons (Fsp3) is 0.439. The summed E-state index contributed by atoms with van der Waals surface area (Å²) in [6.45, 7) is 12.2. The van der Waals surface area contributed by atoms with Crippen molar-refractivity contribution < 1.29 is 37.3 Å². The first-order valence-corrected chi connectivity index (χ1v) is 32.6. The van der Waals surface area contributed by atoms with E-state index in [9.17, 15) is 37.7 Å². The molecule has 1 aliphatic carbocycles. The van der Waals surface area contributed by atoms with E-state index in [0.29, 0.717) is 49.6 Å². The van der Waals surface area contributed by atoms with Gasteiger partial charge in [0.1, 0.15) is 28.9 Å². The van der Waals surface area contributed by atoms with Crippen molar-refractivity contribution in [1.29, 1.82) is 0 Å². The van der Waals surface area contributed by atoms with Crippen molar-refractivity contribution in [3.8, 4) is 11.5 Å². The van der Waals surface area contributed by atoms with Crippen molar-refractivity contribution in [3.63, 3.8) is 0 Å². The molecule has 3 saturated heterocycles. The molecule has 6 heterocycles. The fourth-order valence-electron chi connectivity index (χ4n) is 13.2. The fourth-order valence-corrected chi connectivity index (χ4v) is 14.3. The smallest absolute Gasteiger partial charge is 0.293 e. The van der Waals surface area contributed by atoms with E-state index in [-0.39, 0.29) is 46.6 Å². The molecule has 21 heteroatoms. The molecule has 87 heavy (non-hydrogen) atoms. The van der Waals surface area contributed by atoms with Gasteiger partial charge in [-0.1, -0.05) is 81.0 Å². The number of anilines is 2. The number of aromatic amines is 1. The third-order valence-electron chi connectivity index (χ3n) is 18.1. The number of likely N-dealkylation sites (tertiary alicyclic amines) is 1. The molecule has 11 rings (SSSR count). The molecule has 0 spiro atoms. The van der Waals surface area contributed by atoms with E-state index >= 15 is 0 Å². The number of benzene rings is 4. The number of nitro groups is 1. The summed E-state index contributed by atoms with van der Waals surface area (Å²) >= 11 is 6.28. The SMILES string of the molecule is CC1(C)CCC(CN2CCN(c3ccc(C(=O)NS(=O)(=O)c4ccc(NCC5CCCN(CCCCCCCCc6cccc7c6CN(C6CCC(=O)NC6=O)C7=O)C5)c([N+](=O)[O-])c4)c(Oc4cnc5[nH]ccc5c4)c3)CC2)=C(c2ccc(Cl)cc2)C1. The molecule has 0 bridgehead atoms. The van der Waals surface area contributed by atoms with Crippen LogP contribution in [0.1, 0.15) is 135 Å². The summed E-state index contributed by atoms with van der Waals surface area (Å²) in [7, 11) is -4.62. The minimum atomic E-state index is -4.62. The maximum Gasteiger partial charge on any atom is 0.293 e. The Hall–Kier alpha value is -7.65. The number of nitrogens with zero attached hydrogens (tertiary/aromatic N) is 6. The van der Waals surface area contributed by atoms with E-state index in [0.717, 1.165) is 150 Å². The molecule has 3 fully saturated rings. The van der Waals surface area contributed by atoms with Gasteiger partial charge in [0.2, 0.25) is 11.8 Å².